The number of imidazole rings is 1. The Bertz CT molecular complexity index is 399. The van der Waals surface area contributed by atoms with Crippen LogP contribution in [-0.2, 0) is 0 Å². The van der Waals surface area contributed by atoms with E-state index in [0.29, 0.717) is 18.1 Å². The van der Waals surface area contributed by atoms with E-state index in [1.165, 1.54) is 0 Å². The summed E-state index contributed by atoms with van der Waals surface area (Å²) in [6, 6.07) is 0. The average molecular weight is 195 g/mol. The molecule has 2 aromatic heterocycles. The minimum atomic E-state index is 0. The number of H-pyrrole nitrogens is 1. The molecule has 0 amide bonds. The number of hydrogen-bond donors (Lipinski definition) is 3. The lowest BCUT2D eigenvalue weighted by molar-refractivity contribution is 0.311. The molecule has 14 heavy (non-hydrogen) atoms. The molecule has 0 aromatic carbocycles. The van der Waals surface area contributed by atoms with E-state index in [-0.39, 0.29) is 14.0 Å². The molecule has 0 atom stereocenters. The molecule has 2 aromatic rings. The van der Waals surface area contributed by atoms with Crippen LogP contribution in [0.25, 0.3) is 11.2 Å². The molecule has 0 spiro atoms. The highest BCUT2D eigenvalue weighted by Gasteiger charge is 1.99. The third-order valence-corrected chi connectivity index (χ3v) is 1.57. The van der Waals surface area contributed by atoms with Gasteiger partial charge in [-0.15, -0.1) is 0 Å². The molecule has 0 fully saturated rings. The molecular formula is C8H13N5O. The smallest absolute Gasteiger partial charge is 0.224 e. The number of aliphatic hydroxyl groups excluding tert-OH is 1. The number of anilines is 1. The predicted octanol–water partition coefficient (Wildman–Crippen LogP) is 0.393. The van der Waals surface area contributed by atoms with Crippen molar-refractivity contribution in [1.82, 2.24) is 19.9 Å². The molecule has 2 heterocycles. The summed E-state index contributed by atoms with van der Waals surface area (Å²) in [6.45, 7) is 0.498. The van der Waals surface area contributed by atoms with Crippen molar-refractivity contribution in [2.24, 2.45) is 0 Å². The van der Waals surface area contributed by atoms with E-state index in [2.05, 4.69) is 25.3 Å². The zero-order valence-electron chi connectivity index (χ0n) is 6.86. The molecule has 6 heteroatoms. The Labute approximate surface area is 81.4 Å². The van der Waals surface area contributed by atoms with Crippen molar-refractivity contribution in [3.05, 3.63) is 12.5 Å². The van der Waals surface area contributed by atoms with Crippen molar-refractivity contribution < 1.29 is 5.11 Å². The maximum atomic E-state index is 8.56. The molecule has 6 nitrogen and oxygen atoms in total. The van der Waals surface area contributed by atoms with Crippen molar-refractivity contribution in [3.63, 3.8) is 0 Å². The van der Waals surface area contributed by atoms with E-state index in [9.17, 15) is 0 Å². The highest BCUT2D eigenvalue weighted by atomic mass is 16.3. The summed E-state index contributed by atoms with van der Waals surface area (Å²) in [7, 11) is 0. The largest absolute Gasteiger partial charge is 0.395 e. The first kappa shape index (κ1) is 10.4. The van der Waals surface area contributed by atoms with E-state index in [0.717, 1.165) is 5.52 Å². The van der Waals surface area contributed by atoms with Crippen molar-refractivity contribution in [3.8, 4) is 0 Å². The third kappa shape index (κ3) is 1.97. The van der Waals surface area contributed by atoms with Gasteiger partial charge in [-0.3, -0.25) is 0 Å². The topological polar surface area (TPSA) is 86.7 Å². The summed E-state index contributed by atoms with van der Waals surface area (Å²) in [5.74, 6) is 0.480. The van der Waals surface area contributed by atoms with Crippen LogP contribution in [0.5, 0.6) is 0 Å². The van der Waals surface area contributed by atoms with Crippen molar-refractivity contribution in [2.45, 2.75) is 7.43 Å². The maximum Gasteiger partial charge on any atom is 0.224 e. The SMILES string of the molecule is C.OCCNc1ncc2[nH]cnc2n1. The van der Waals surface area contributed by atoms with Crippen molar-refractivity contribution >= 4 is 17.1 Å². The summed E-state index contributed by atoms with van der Waals surface area (Å²) in [5.41, 5.74) is 1.42. The fourth-order valence-corrected chi connectivity index (χ4v) is 0.989. The van der Waals surface area contributed by atoms with E-state index in [4.69, 9.17) is 5.11 Å². The van der Waals surface area contributed by atoms with Crippen LogP contribution in [0.3, 0.4) is 0 Å². The number of fused-ring (bicyclic) bond motifs is 1. The van der Waals surface area contributed by atoms with Gasteiger partial charge in [0.25, 0.3) is 0 Å². The second-order valence-electron chi connectivity index (χ2n) is 2.48. The Hall–Kier alpha value is -1.69. The summed E-state index contributed by atoms with van der Waals surface area (Å²) >= 11 is 0. The fraction of sp³-hybridized carbons (Fsp3) is 0.375. The minimum Gasteiger partial charge on any atom is -0.395 e. The highest BCUT2D eigenvalue weighted by molar-refractivity contribution is 5.69. The first-order chi connectivity index (χ1) is 6.40. The van der Waals surface area contributed by atoms with Gasteiger partial charge in [-0.05, 0) is 0 Å². The maximum absolute atomic E-state index is 8.56. The molecule has 0 aliphatic heterocycles. The highest BCUT2D eigenvalue weighted by Crippen LogP contribution is 2.06. The van der Waals surface area contributed by atoms with Gasteiger partial charge in [0.15, 0.2) is 5.65 Å². The van der Waals surface area contributed by atoms with Crippen molar-refractivity contribution in [2.75, 3.05) is 18.5 Å². The first-order valence-corrected chi connectivity index (χ1v) is 3.91. The number of aromatic amines is 1. The number of rotatable bonds is 3. The summed E-state index contributed by atoms with van der Waals surface area (Å²) < 4.78 is 0. The van der Waals surface area contributed by atoms with Crippen LogP contribution in [0.4, 0.5) is 5.95 Å². The normalized spacial score (nSPS) is 9.79. The summed E-state index contributed by atoms with van der Waals surface area (Å²) in [6.07, 6.45) is 3.21. The standard InChI is InChI=1S/C7H9N5O.CH4/c13-2-1-8-7-9-3-5-6(12-7)11-4-10-5;/h3-4,13H,1-2H2,(H2,8,9,10,11,12);1H4. The third-order valence-electron chi connectivity index (χ3n) is 1.57. The first-order valence-electron chi connectivity index (χ1n) is 3.91. The molecule has 0 bridgehead atoms. The lowest BCUT2D eigenvalue weighted by atomic mass is 10.5. The van der Waals surface area contributed by atoms with Gasteiger partial charge in [-0.25, -0.2) is 9.97 Å². The lowest BCUT2D eigenvalue weighted by Gasteiger charge is -2.00. The number of nitrogens with one attached hydrogen (secondary N) is 2. The van der Waals surface area contributed by atoms with E-state index < -0.39 is 0 Å². The second-order valence-corrected chi connectivity index (χ2v) is 2.48. The van der Waals surface area contributed by atoms with Gasteiger partial charge in [0.1, 0.15) is 5.52 Å². The number of hydrogen-bond acceptors (Lipinski definition) is 5. The summed E-state index contributed by atoms with van der Waals surface area (Å²) in [5, 5.41) is 11.4. The van der Waals surface area contributed by atoms with Crippen LogP contribution in [0, 0.1) is 0 Å². The quantitative estimate of drug-likeness (QED) is 0.659. The molecule has 0 saturated carbocycles. The fourth-order valence-electron chi connectivity index (χ4n) is 0.989. The van der Waals surface area contributed by atoms with Gasteiger partial charge >= 0.3 is 0 Å². The van der Waals surface area contributed by atoms with Gasteiger partial charge in [0.05, 0.1) is 19.1 Å². The minimum absolute atomic E-state index is 0. The van der Waals surface area contributed by atoms with Crippen LogP contribution < -0.4 is 5.32 Å². The van der Waals surface area contributed by atoms with Crippen LogP contribution in [0.2, 0.25) is 0 Å². The van der Waals surface area contributed by atoms with Gasteiger partial charge < -0.3 is 15.4 Å². The molecule has 0 saturated heterocycles. The van der Waals surface area contributed by atoms with Gasteiger partial charge in [-0.2, -0.15) is 4.98 Å². The molecule has 3 N–H and O–H groups in total. The van der Waals surface area contributed by atoms with Crippen LogP contribution in [0.15, 0.2) is 12.5 Å². The Morgan fingerprint density at radius 3 is 3.07 bits per heavy atom. The zero-order valence-corrected chi connectivity index (χ0v) is 6.86. The van der Waals surface area contributed by atoms with Gasteiger partial charge in [0, 0.05) is 6.54 Å². The molecule has 0 radical (unpaired) electrons. The molecule has 0 aliphatic carbocycles. The van der Waals surface area contributed by atoms with Crippen LogP contribution in [0.1, 0.15) is 7.43 Å². The number of nitrogens with zero attached hydrogens (tertiary/aromatic N) is 3. The van der Waals surface area contributed by atoms with Gasteiger partial charge in [0.2, 0.25) is 5.95 Å². The van der Waals surface area contributed by atoms with E-state index >= 15 is 0 Å². The van der Waals surface area contributed by atoms with Crippen LogP contribution >= 0.6 is 0 Å². The summed E-state index contributed by atoms with van der Waals surface area (Å²) in [4.78, 5) is 15.0. The molecule has 0 aliphatic rings. The van der Waals surface area contributed by atoms with Crippen molar-refractivity contribution in [1.29, 1.82) is 0 Å². The van der Waals surface area contributed by atoms with E-state index in [1.54, 1.807) is 12.5 Å². The molecule has 76 valence electrons. The molecular weight excluding hydrogens is 182 g/mol. The Morgan fingerprint density at radius 2 is 2.29 bits per heavy atom. The second kappa shape index (κ2) is 4.52. The van der Waals surface area contributed by atoms with E-state index in [1.807, 2.05) is 0 Å². The zero-order chi connectivity index (χ0) is 9.10. The Kier molecular flexibility index (Phi) is 3.35. The average Bonchev–Trinajstić information content (AvgIpc) is 2.61. The number of aromatic nitrogens is 4. The monoisotopic (exact) mass is 195 g/mol. The molecule has 2 rings (SSSR count). The Balaban J connectivity index is 0.000000980. The Morgan fingerprint density at radius 1 is 1.43 bits per heavy atom. The lowest BCUT2D eigenvalue weighted by Crippen LogP contribution is -2.08. The molecule has 0 unspecified atom stereocenters. The van der Waals surface area contributed by atoms with Gasteiger partial charge in [-0.1, -0.05) is 7.43 Å². The van der Waals surface area contributed by atoms with Crippen LogP contribution in [-0.4, -0.2) is 38.2 Å². The number of aliphatic hydroxyl groups is 1. The predicted molar refractivity (Wildman–Crippen MR) is 54.0 cm³/mol.